The highest BCUT2D eigenvalue weighted by atomic mass is 16.5. The highest BCUT2D eigenvalue weighted by Crippen LogP contribution is 2.30. The van der Waals surface area contributed by atoms with E-state index in [0.29, 0.717) is 19.0 Å². The number of nitrogens with two attached hydrogens (primary N) is 1. The predicted molar refractivity (Wildman–Crippen MR) is 51.9 cm³/mol. The first-order valence-corrected chi connectivity index (χ1v) is 5.11. The molecule has 5 heteroatoms. The standard InChI is InChI=1S/C9H16N4O/c10-4-1-5-14-9-7-13(12-11-9)6-8-2-3-8/h7-8H,1-6,10H2. The van der Waals surface area contributed by atoms with Gasteiger partial charge >= 0.3 is 0 Å². The van der Waals surface area contributed by atoms with Crippen molar-refractivity contribution in [3.05, 3.63) is 6.20 Å². The third-order valence-corrected chi connectivity index (χ3v) is 2.26. The highest BCUT2D eigenvalue weighted by Gasteiger charge is 2.22. The van der Waals surface area contributed by atoms with Gasteiger partial charge in [-0.1, -0.05) is 10.3 Å². The van der Waals surface area contributed by atoms with Crippen molar-refractivity contribution in [2.24, 2.45) is 11.7 Å². The van der Waals surface area contributed by atoms with Gasteiger partial charge in [0.05, 0.1) is 12.8 Å². The topological polar surface area (TPSA) is 66.0 Å². The van der Waals surface area contributed by atoms with Gasteiger partial charge in [0.25, 0.3) is 5.88 Å². The van der Waals surface area contributed by atoms with Crippen LogP contribution in [0.4, 0.5) is 0 Å². The van der Waals surface area contributed by atoms with E-state index in [2.05, 4.69) is 10.3 Å². The summed E-state index contributed by atoms with van der Waals surface area (Å²) in [6.07, 6.45) is 5.36. The molecule has 1 heterocycles. The number of rotatable bonds is 6. The summed E-state index contributed by atoms with van der Waals surface area (Å²) in [6, 6.07) is 0. The van der Waals surface area contributed by atoms with E-state index in [1.165, 1.54) is 12.8 Å². The number of ether oxygens (including phenoxy) is 1. The van der Waals surface area contributed by atoms with Crippen LogP contribution in [0, 0.1) is 5.92 Å². The van der Waals surface area contributed by atoms with E-state index < -0.39 is 0 Å². The molecule has 0 bridgehead atoms. The minimum absolute atomic E-state index is 0.610. The lowest BCUT2D eigenvalue weighted by molar-refractivity contribution is 0.301. The lowest BCUT2D eigenvalue weighted by Crippen LogP contribution is -2.06. The second kappa shape index (κ2) is 4.41. The molecule has 0 aliphatic heterocycles. The SMILES string of the molecule is NCCCOc1cn(CC2CC2)nn1. The molecule has 0 saturated heterocycles. The van der Waals surface area contributed by atoms with Crippen molar-refractivity contribution in [1.82, 2.24) is 15.0 Å². The van der Waals surface area contributed by atoms with E-state index in [-0.39, 0.29) is 0 Å². The molecule has 78 valence electrons. The fourth-order valence-electron chi connectivity index (χ4n) is 1.26. The van der Waals surface area contributed by atoms with E-state index in [9.17, 15) is 0 Å². The normalized spacial score (nSPS) is 15.8. The lowest BCUT2D eigenvalue weighted by Gasteiger charge is -1.98. The van der Waals surface area contributed by atoms with E-state index in [0.717, 1.165) is 18.9 Å². The fourth-order valence-corrected chi connectivity index (χ4v) is 1.26. The molecule has 2 N–H and O–H groups in total. The summed E-state index contributed by atoms with van der Waals surface area (Å²) in [5, 5.41) is 7.90. The van der Waals surface area contributed by atoms with Crippen LogP contribution in [0.2, 0.25) is 0 Å². The largest absolute Gasteiger partial charge is 0.475 e. The fraction of sp³-hybridized carbons (Fsp3) is 0.778. The Hall–Kier alpha value is -1.10. The van der Waals surface area contributed by atoms with Crippen molar-refractivity contribution in [1.29, 1.82) is 0 Å². The molecule has 2 rings (SSSR count). The van der Waals surface area contributed by atoms with Crippen LogP contribution in [0.25, 0.3) is 0 Å². The molecule has 0 atom stereocenters. The zero-order chi connectivity index (χ0) is 9.80. The molecule has 1 aromatic rings. The number of hydrogen-bond donors (Lipinski definition) is 1. The van der Waals surface area contributed by atoms with Gasteiger partial charge in [-0.3, -0.25) is 0 Å². The third-order valence-electron chi connectivity index (χ3n) is 2.26. The number of nitrogens with zero attached hydrogens (tertiary/aromatic N) is 3. The average molecular weight is 196 g/mol. The molecule has 0 radical (unpaired) electrons. The monoisotopic (exact) mass is 196 g/mol. The minimum Gasteiger partial charge on any atom is -0.475 e. The van der Waals surface area contributed by atoms with Crippen LogP contribution in [0.15, 0.2) is 6.20 Å². The smallest absolute Gasteiger partial charge is 0.253 e. The second-order valence-electron chi connectivity index (χ2n) is 3.71. The van der Waals surface area contributed by atoms with E-state index in [4.69, 9.17) is 10.5 Å². The molecule has 5 nitrogen and oxygen atoms in total. The first-order valence-electron chi connectivity index (χ1n) is 5.11. The third kappa shape index (κ3) is 2.70. The van der Waals surface area contributed by atoms with Crippen LogP contribution >= 0.6 is 0 Å². The van der Waals surface area contributed by atoms with Crippen molar-refractivity contribution in [2.75, 3.05) is 13.2 Å². The van der Waals surface area contributed by atoms with Crippen LogP contribution in [0.3, 0.4) is 0 Å². The van der Waals surface area contributed by atoms with Gasteiger partial charge in [-0.05, 0) is 31.7 Å². The summed E-state index contributed by atoms with van der Waals surface area (Å²) in [5.41, 5.74) is 5.35. The van der Waals surface area contributed by atoms with Crippen LogP contribution in [-0.2, 0) is 6.54 Å². The zero-order valence-corrected chi connectivity index (χ0v) is 8.22. The molecule has 14 heavy (non-hydrogen) atoms. The Bertz CT molecular complexity index is 282. The Kier molecular flexibility index (Phi) is 2.98. The molecular weight excluding hydrogens is 180 g/mol. The first kappa shape index (κ1) is 9.45. The van der Waals surface area contributed by atoms with Crippen LogP contribution in [0.5, 0.6) is 5.88 Å². The van der Waals surface area contributed by atoms with E-state index in [1.807, 2.05) is 10.9 Å². The van der Waals surface area contributed by atoms with Crippen LogP contribution < -0.4 is 10.5 Å². The summed E-state index contributed by atoms with van der Waals surface area (Å²) >= 11 is 0. The zero-order valence-electron chi connectivity index (χ0n) is 8.22. The summed E-state index contributed by atoms with van der Waals surface area (Å²) in [6.45, 7) is 2.25. The highest BCUT2D eigenvalue weighted by molar-refractivity contribution is 4.99. The molecule has 0 aromatic carbocycles. The molecule has 0 amide bonds. The Morgan fingerprint density at radius 1 is 1.57 bits per heavy atom. The molecule has 1 aromatic heterocycles. The molecule has 1 saturated carbocycles. The summed E-state index contributed by atoms with van der Waals surface area (Å²) in [4.78, 5) is 0. The minimum atomic E-state index is 0.610. The summed E-state index contributed by atoms with van der Waals surface area (Å²) in [7, 11) is 0. The molecular formula is C9H16N4O. The van der Waals surface area contributed by atoms with Gasteiger partial charge in [0, 0.05) is 6.54 Å². The second-order valence-corrected chi connectivity index (χ2v) is 3.71. The van der Waals surface area contributed by atoms with Crippen molar-refractivity contribution in [3.63, 3.8) is 0 Å². The van der Waals surface area contributed by atoms with Crippen LogP contribution in [0.1, 0.15) is 19.3 Å². The first-order chi connectivity index (χ1) is 6.88. The Morgan fingerprint density at radius 3 is 3.14 bits per heavy atom. The van der Waals surface area contributed by atoms with E-state index in [1.54, 1.807) is 0 Å². The summed E-state index contributed by atoms with van der Waals surface area (Å²) in [5.74, 6) is 1.42. The van der Waals surface area contributed by atoms with Gasteiger partial charge < -0.3 is 10.5 Å². The average Bonchev–Trinajstić information content (AvgIpc) is 2.87. The quantitative estimate of drug-likeness (QED) is 0.669. The Balaban J connectivity index is 1.76. The van der Waals surface area contributed by atoms with Gasteiger partial charge in [-0.2, -0.15) is 0 Å². The Morgan fingerprint density at radius 2 is 2.43 bits per heavy atom. The van der Waals surface area contributed by atoms with Gasteiger partial charge in [0.15, 0.2) is 0 Å². The van der Waals surface area contributed by atoms with Crippen LogP contribution in [-0.4, -0.2) is 28.1 Å². The van der Waals surface area contributed by atoms with E-state index >= 15 is 0 Å². The number of hydrogen-bond acceptors (Lipinski definition) is 4. The Labute approximate surface area is 83.2 Å². The van der Waals surface area contributed by atoms with Crippen molar-refractivity contribution >= 4 is 0 Å². The molecule has 0 spiro atoms. The van der Waals surface area contributed by atoms with Gasteiger partial charge in [-0.15, -0.1) is 0 Å². The van der Waals surface area contributed by atoms with Crippen molar-refractivity contribution in [3.8, 4) is 5.88 Å². The lowest BCUT2D eigenvalue weighted by atomic mass is 10.4. The predicted octanol–water partition coefficient (Wildman–Crippen LogP) is 0.416. The van der Waals surface area contributed by atoms with Gasteiger partial charge in [0.1, 0.15) is 0 Å². The maximum absolute atomic E-state index is 5.35. The van der Waals surface area contributed by atoms with Gasteiger partial charge in [0.2, 0.25) is 0 Å². The molecule has 0 unspecified atom stereocenters. The maximum Gasteiger partial charge on any atom is 0.253 e. The number of aromatic nitrogens is 3. The van der Waals surface area contributed by atoms with Crippen molar-refractivity contribution in [2.45, 2.75) is 25.8 Å². The molecule has 1 aliphatic carbocycles. The molecule has 1 fully saturated rings. The molecule has 1 aliphatic rings. The maximum atomic E-state index is 5.35. The van der Waals surface area contributed by atoms with Gasteiger partial charge in [-0.25, -0.2) is 4.68 Å². The summed E-state index contributed by atoms with van der Waals surface area (Å²) < 4.78 is 7.21. The van der Waals surface area contributed by atoms with Crippen molar-refractivity contribution < 1.29 is 4.74 Å².